The van der Waals surface area contributed by atoms with Crippen LogP contribution in [-0.2, 0) is 6.42 Å². The summed E-state index contributed by atoms with van der Waals surface area (Å²) < 4.78 is 17.6. The fraction of sp³-hybridized carbons (Fsp3) is 0.381. The van der Waals surface area contributed by atoms with E-state index in [0.717, 1.165) is 23.7 Å². The van der Waals surface area contributed by atoms with E-state index in [-0.39, 0.29) is 18.2 Å². The minimum absolute atomic E-state index is 0.0220. The third kappa shape index (κ3) is 3.94. The van der Waals surface area contributed by atoms with E-state index in [1.165, 1.54) is 5.56 Å². The van der Waals surface area contributed by atoms with Gasteiger partial charge in [0.1, 0.15) is 18.5 Å². The molecule has 6 nitrogen and oxygen atoms in total. The molecule has 142 valence electrons. The first-order chi connectivity index (χ1) is 13.2. The predicted molar refractivity (Wildman–Crippen MR) is 102 cm³/mol. The second kappa shape index (κ2) is 7.78. The van der Waals surface area contributed by atoms with Gasteiger partial charge in [-0.2, -0.15) is 0 Å². The van der Waals surface area contributed by atoms with Crippen molar-refractivity contribution in [3.8, 4) is 17.2 Å². The van der Waals surface area contributed by atoms with Gasteiger partial charge in [-0.05, 0) is 30.7 Å². The van der Waals surface area contributed by atoms with Crippen LogP contribution in [0, 0.1) is 0 Å². The number of fused-ring (bicyclic) bond motifs is 2. The summed E-state index contributed by atoms with van der Waals surface area (Å²) in [5, 5.41) is 2.98. The van der Waals surface area contributed by atoms with Crippen LogP contribution in [0.4, 0.5) is 4.79 Å². The van der Waals surface area contributed by atoms with Crippen molar-refractivity contribution in [2.24, 2.45) is 0 Å². The van der Waals surface area contributed by atoms with Crippen LogP contribution in [0.1, 0.15) is 12.5 Å². The lowest BCUT2D eigenvalue weighted by atomic mass is 10.1. The molecule has 0 saturated heterocycles. The van der Waals surface area contributed by atoms with Gasteiger partial charge in [-0.15, -0.1) is 0 Å². The number of rotatable bonds is 5. The number of hydrogen-bond acceptors (Lipinski definition) is 4. The molecule has 1 N–H and O–H groups in total. The smallest absolute Gasteiger partial charge is 0.317 e. The van der Waals surface area contributed by atoms with E-state index in [9.17, 15) is 4.79 Å². The van der Waals surface area contributed by atoms with Gasteiger partial charge in [0, 0.05) is 13.0 Å². The van der Waals surface area contributed by atoms with Crippen molar-refractivity contribution in [3.63, 3.8) is 0 Å². The summed E-state index contributed by atoms with van der Waals surface area (Å²) in [5.74, 6) is 2.39. The molecule has 0 bridgehead atoms. The van der Waals surface area contributed by atoms with Crippen molar-refractivity contribution in [1.29, 1.82) is 0 Å². The first-order valence-electron chi connectivity index (χ1n) is 9.38. The molecular formula is C21H24N2O4. The highest BCUT2D eigenvalue weighted by Crippen LogP contribution is 2.31. The van der Waals surface area contributed by atoms with E-state index in [0.29, 0.717) is 26.2 Å². The van der Waals surface area contributed by atoms with Crippen LogP contribution in [0.15, 0.2) is 48.5 Å². The summed E-state index contributed by atoms with van der Waals surface area (Å²) in [6, 6.07) is 15.5. The average Bonchev–Trinajstić information content (AvgIpc) is 3.13. The number of para-hydroxylation sites is 3. The normalized spacial score (nSPS) is 19.7. The minimum Gasteiger partial charge on any atom is -0.488 e. The highest BCUT2D eigenvalue weighted by Gasteiger charge is 2.26. The molecule has 0 aromatic heterocycles. The van der Waals surface area contributed by atoms with Crippen LogP contribution in [0.5, 0.6) is 17.2 Å². The van der Waals surface area contributed by atoms with E-state index < -0.39 is 0 Å². The van der Waals surface area contributed by atoms with Gasteiger partial charge in [0.2, 0.25) is 0 Å². The molecule has 4 rings (SSSR count). The van der Waals surface area contributed by atoms with Gasteiger partial charge in [0.25, 0.3) is 0 Å². The zero-order valence-corrected chi connectivity index (χ0v) is 15.4. The van der Waals surface area contributed by atoms with Gasteiger partial charge < -0.3 is 24.4 Å². The highest BCUT2D eigenvalue weighted by atomic mass is 16.6. The third-order valence-electron chi connectivity index (χ3n) is 4.86. The maximum Gasteiger partial charge on any atom is 0.317 e. The molecule has 0 radical (unpaired) electrons. The van der Waals surface area contributed by atoms with Crippen molar-refractivity contribution < 1.29 is 19.0 Å². The Morgan fingerprint density at radius 1 is 1.04 bits per heavy atom. The van der Waals surface area contributed by atoms with Crippen molar-refractivity contribution in [1.82, 2.24) is 10.2 Å². The van der Waals surface area contributed by atoms with Gasteiger partial charge in [-0.1, -0.05) is 30.3 Å². The Bertz CT molecular complexity index is 785. The molecule has 0 spiro atoms. The summed E-state index contributed by atoms with van der Waals surface area (Å²) in [6.07, 6.45) is 0.614. The number of amides is 2. The molecule has 2 unspecified atom stereocenters. The van der Waals surface area contributed by atoms with Gasteiger partial charge in [0.15, 0.2) is 17.6 Å². The molecule has 6 heteroatoms. The number of carbonyl (C=O) groups is 1. The Labute approximate surface area is 159 Å². The van der Waals surface area contributed by atoms with Crippen LogP contribution in [0.2, 0.25) is 0 Å². The summed E-state index contributed by atoms with van der Waals surface area (Å²) in [7, 11) is 0. The lowest BCUT2D eigenvalue weighted by molar-refractivity contribution is 0.0671. The van der Waals surface area contributed by atoms with Gasteiger partial charge in [-0.25, -0.2) is 4.79 Å². The number of benzene rings is 2. The predicted octanol–water partition coefficient (Wildman–Crippen LogP) is 2.86. The van der Waals surface area contributed by atoms with Crippen LogP contribution in [0.25, 0.3) is 0 Å². The summed E-state index contributed by atoms with van der Waals surface area (Å²) in [4.78, 5) is 14.3. The van der Waals surface area contributed by atoms with Crippen molar-refractivity contribution in [2.75, 3.05) is 26.2 Å². The lowest BCUT2D eigenvalue weighted by Crippen LogP contribution is -2.49. The Hall–Kier alpha value is -2.89. The van der Waals surface area contributed by atoms with Gasteiger partial charge >= 0.3 is 6.03 Å². The molecule has 0 aliphatic carbocycles. The van der Waals surface area contributed by atoms with Crippen LogP contribution in [-0.4, -0.2) is 49.4 Å². The molecule has 2 atom stereocenters. The second-order valence-corrected chi connectivity index (χ2v) is 6.77. The Morgan fingerprint density at radius 3 is 2.52 bits per heavy atom. The van der Waals surface area contributed by atoms with Crippen LogP contribution < -0.4 is 19.5 Å². The molecule has 2 aliphatic heterocycles. The topological polar surface area (TPSA) is 60.0 Å². The third-order valence-corrected chi connectivity index (χ3v) is 4.86. The maximum atomic E-state index is 12.6. The van der Waals surface area contributed by atoms with E-state index in [2.05, 4.69) is 11.4 Å². The molecule has 2 aromatic rings. The van der Waals surface area contributed by atoms with E-state index in [1.54, 1.807) is 4.90 Å². The van der Waals surface area contributed by atoms with Crippen molar-refractivity contribution in [3.05, 3.63) is 54.1 Å². The zero-order valence-electron chi connectivity index (χ0n) is 15.4. The van der Waals surface area contributed by atoms with E-state index in [4.69, 9.17) is 14.2 Å². The quantitative estimate of drug-likeness (QED) is 0.882. The number of likely N-dealkylation sites (N-methyl/N-ethyl adjacent to an activating group) is 1. The SMILES string of the molecule is CCN(CC1COc2ccccc2O1)C(=O)NCC1Cc2ccccc2O1. The highest BCUT2D eigenvalue weighted by molar-refractivity contribution is 5.74. The van der Waals surface area contributed by atoms with E-state index >= 15 is 0 Å². The standard InChI is InChI=1S/C21H24N2O4/c1-2-23(13-17-14-25-19-9-5-6-10-20(19)27-17)21(24)22-12-16-11-15-7-3-4-8-18(15)26-16/h3-10,16-17H,2,11-14H2,1H3,(H,22,24). The summed E-state index contributed by atoms with van der Waals surface area (Å²) in [6.45, 7) is 3.94. The van der Waals surface area contributed by atoms with Gasteiger partial charge in [-0.3, -0.25) is 0 Å². The first-order valence-corrected chi connectivity index (χ1v) is 9.38. The maximum absolute atomic E-state index is 12.6. The number of urea groups is 1. The number of ether oxygens (including phenoxy) is 3. The van der Waals surface area contributed by atoms with Crippen LogP contribution >= 0.6 is 0 Å². The molecule has 27 heavy (non-hydrogen) atoms. The molecule has 2 heterocycles. The average molecular weight is 368 g/mol. The number of hydrogen-bond donors (Lipinski definition) is 1. The summed E-state index contributed by atoms with van der Waals surface area (Å²) in [5.41, 5.74) is 1.19. The van der Waals surface area contributed by atoms with Crippen LogP contribution in [0.3, 0.4) is 0 Å². The molecule has 2 aromatic carbocycles. The number of carbonyl (C=O) groups excluding carboxylic acids is 1. The summed E-state index contributed by atoms with van der Waals surface area (Å²) >= 11 is 0. The monoisotopic (exact) mass is 368 g/mol. The van der Waals surface area contributed by atoms with Crippen molar-refractivity contribution in [2.45, 2.75) is 25.6 Å². The second-order valence-electron chi connectivity index (χ2n) is 6.77. The van der Waals surface area contributed by atoms with E-state index in [1.807, 2.05) is 49.4 Å². The lowest BCUT2D eigenvalue weighted by Gasteiger charge is -2.31. The van der Waals surface area contributed by atoms with Crippen molar-refractivity contribution >= 4 is 6.03 Å². The fourth-order valence-electron chi connectivity index (χ4n) is 3.44. The largest absolute Gasteiger partial charge is 0.488 e. The molecule has 0 saturated carbocycles. The number of nitrogens with zero attached hydrogens (tertiary/aromatic N) is 1. The minimum atomic E-state index is -0.183. The molecular weight excluding hydrogens is 344 g/mol. The van der Waals surface area contributed by atoms with Gasteiger partial charge in [0.05, 0.1) is 13.1 Å². The zero-order chi connectivity index (χ0) is 18.6. The Balaban J connectivity index is 1.28. The molecule has 2 amide bonds. The molecule has 0 fully saturated rings. The Kier molecular flexibility index (Phi) is 5.05. The fourth-order valence-corrected chi connectivity index (χ4v) is 3.44. The molecule has 2 aliphatic rings. The number of nitrogens with one attached hydrogen (secondary N) is 1. The first kappa shape index (κ1) is 17.5. The Morgan fingerprint density at radius 2 is 1.74 bits per heavy atom.